The second-order valence-electron chi connectivity index (χ2n) is 9.03. The standard InChI is InChI=1S/C20H33NO/c1-19(2,3)14-11-15(17(21)13-9-7-8-10-13)18(22)16(12-14)20(4,5)6/h11-13,17,22H,7-10,21H2,1-6H3/t17-/m0/s1. The fourth-order valence-corrected chi connectivity index (χ4v) is 3.49. The molecular formula is C20H33NO. The molecule has 0 amide bonds. The lowest BCUT2D eigenvalue weighted by atomic mass is 9.77. The van der Waals surface area contributed by atoms with Crippen molar-refractivity contribution in [2.45, 2.75) is 84.1 Å². The molecule has 0 radical (unpaired) electrons. The zero-order chi connectivity index (χ0) is 16.7. The number of aromatic hydroxyl groups is 1. The van der Waals surface area contributed by atoms with E-state index in [1.54, 1.807) is 0 Å². The van der Waals surface area contributed by atoms with E-state index < -0.39 is 0 Å². The average molecular weight is 303 g/mol. The number of rotatable bonds is 2. The van der Waals surface area contributed by atoms with Crippen molar-refractivity contribution < 1.29 is 5.11 Å². The molecule has 124 valence electrons. The Balaban J connectivity index is 2.56. The second-order valence-corrected chi connectivity index (χ2v) is 9.03. The van der Waals surface area contributed by atoms with Gasteiger partial charge in [-0.1, -0.05) is 60.5 Å². The molecule has 0 spiro atoms. The van der Waals surface area contributed by atoms with Crippen molar-refractivity contribution in [2.24, 2.45) is 11.7 Å². The van der Waals surface area contributed by atoms with E-state index in [1.165, 1.54) is 31.2 Å². The van der Waals surface area contributed by atoms with Gasteiger partial charge in [0.05, 0.1) is 0 Å². The number of nitrogens with two attached hydrogens (primary N) is 1. The summed E-state index contributed by atoms with van der Waals surface area (Å²) < 4.78 is 0. The summed E-state index contributed by atoms with van der Waals surface area (Å²) in [7, 11) is 0. The fourth-order valence-electron chi connectivity index (χ4n) is 3.49. The Morgan fingerprint density at radius 2 is 1.55 bits per heavy atom. The molecule has 1 fully saturated rings. The molecule has 0 aromatic heterocycles. The van der Waals surface area contributed by atoms with Gasteiger partial charge in [0.25, 0.3) is 0 Å². The van der Waals surface area contributed by atoms with Crippen LogP contribution in [0.2, 0.25) is 0 Å². The Morgan fingerprint density at radius 3 is 2.00 bits per heavy atom. The van der Waals surface area contributed by atoms with Crippen LogP contribution in [0.25, 0.3) is 0 Å². The van der Waals surface area contributed by atoms with E-state index in [4.69, 9.17) is 5.73 Å². The second kappa shape index (κ2) is 5.88. The van der Waals surface area contributed by atoms with Gasteiger partial charge in [-0.25, -0.2) is 0 Å². The van der Waals surface area contributed by atoms with Gasteiger partial charge in [-0.3, -0.25) is 0 Å². The van der Waals surface area contributed by atoms with Gasteiger partial charge in [0.1, 0.15) is 5.75 Å². The van der Waals surface area contributed by atoms with Crippen LogP contribution in [0.15, 0.2) is 12.1 Å². The van der Waals surface area contributed by atoms with Crippen molar-refractivity contribution in [3.63, 3.8) is 0 Å². The van der Waals surface area contributed by atoms with E-state index in [1.807, 2.05) is 0 Å². The lowest BCUT2D eigenvalue weighted by molar-refractivity contribution is 0.399. The Labute approximate surface area is 136 Å². The third-order valence-electron chi connectivity index (χ3n) is 5.08. The molecule has 1 aromatic carbocycles. The van der Waals surface area contributed by atoms with Crippen LogP contribution in [0.4, 0.5) is 0 Å². The highest BCUT2D eigenvalue weighted by Gasteiger charge is 2.30. The molecule has 0 unspecified atom stereocenters. The van der Waals surface area contributed by atoms with Crippen LogP contribution in [-0.2, 0) is 10.8 Å². The molecule has 3 N–H and O–H groups in total. The van der Waals surface area contributed by atoms with Gasteiger partial charge in [-0.15, -0.1) is 0 Å². The molecule has 2 rings (SSSR count). The van der Waals surface area contributed by atoms with Crippen LogP contribution in [0.5, 0.6) is 5.75 Å². The average Bonchev–Trinajstić information content (AvgIpc) is 2.89. The monoisotopic (exact) mass is 303 g/mol. The normalized spacial score (nSPS) is 18.7. The minimum absolute atomic E-state index is 0.0501. The molecule has 0 aliphatic heterocycles. The maximum Gasteiger partial charge on any atom is 0.124 e. The molecule has 2 heteroatoms. The first-order valence-corrected chi connectivity index (χ1v) is 8.65. The van der Waals surface area contributed by atoms with E-state index in [-0.39, 0.29) is 16.9 Å². The molecule has 2 nitrogen and oxygen atoms in total. The predicted molar refractivity (Wildman–Crippen MR) is 94.4 cm³/mol. The van der Waals surface area contributed by atoms with Gasteiger partial charge >= 0.3 is 0 Å². The summed E-state index contributed by atoms with van der Waals surface area (Å²) in [5.74, 6) is 0.925. The smallest absolute Gasteiger partial charge is 0.124 e. The number of benzene rings is 1. The zero-order valence-electron chi connectivity index (χ0n) is 15.2. The third-order valence-corrected chi connectivity index (χ3v) is 5.08. The number of phenols is 1. The highest BCUT2D eigenvalue weighted by atomic mass is 16.3. The molecule has 0 bridgehead atoms. The van der Waals surface area contributed by atoms with E-state index in [0.29, 0.717) is 11.7 Å². The summed E-state index contributed by atoms with van der Waals surface area (Å²) in [5.41, 5.74) is 9.76. The molecule has 1 aliphatic rings. The Hall–Kier alpha value is -1.02. The van der Waals surface area contributed by atoms with Gasteiger partial charge in [0.2, 0.25) is 0 Å². The van der Waals surface area contributed by atoms with E-state index >= 15 is 0 Å². The summed E-state index contributed by atoms with van der Waals surface area (Å²) in [6, 6.07) is 4.26. The molecule has 22 heavy (non-hydrogen) atoms. The summed E-state index contributed by atoms with van der Waals surface area (Å²) in [4.78, 5) is 0. The molecule has 1 aromatic rings. The lowest BCUT2D eigenvalue weighted by Gasteiger charge is -2.30. The summed E-state index contributed by atoms with van der Waals surface area (Å²) >= 11 is 0. The van der Waals surface area contributed by atoms with Gasteiger partial charge in [-0.05, 0) is 46.8 Å². The molecule has 1 atom stereocenters. The maximum absolute atomic E-state index is 10.9. The van der Waals surface area contributed by atoms with Crippen LogP contribution in [0, 0.1) is 5.92 Å². The Morgan fingerprint density at radius 1 is 1.00 bits per heavy atom. The van der Waals surface area contributed by atoms with E-state index in [2.05, 4.69) is 53.7 Å². The molecular weight excluding hydrogens is 270 g/mol. The van der Waals surface area contributed by atoms with Crippen LogP contribution < -0.4 is 5.73 Å². The first kappa shape index (κ1) is 17.3. The fraction of sp³-hybridized carbons (Fsp3) is 0.700. The number of phenolic OH excluding ortho intramolecular Hbond substituents is 1. The number of hydrogen-bond donors (Lipinski definition) is 2. The van der Waals surface area contributed by atoms with Crippen molar-refractivity contribution in [1.29, 1.82) is 0 Å². The quantitative estimate of drug-likeness (QED) is 0.791. The number of hydrogen-bond acceptors (Lipinski definition) is 2. The zero-order valence-corrected chi connectivity index (χ0v) is 15.2. The van der Waals surface area contributed by atoms with Crippen molar-refractivity contribution in [2.75, 3.05) is 0 Å². The van der Waals surface area contributed by atoms with Gasteiger partial charge in [0, 0.05) is 11.6 Å². The molecule has 1 saturated carbocycles. The molecule has 0 saturated heterocycles. The maximum atomic E-state index is 10.9. The van der Waals surface area contributed by atoms with Crippen LogP contribution in [0.1, 0.15) is 90.0 Å². The van der Waals surface area contributed by atoms with Crippen molar-refractivity contribution in [3.05, 3.63) is 28.8 Å². The first-order valence-electron chi connectivity index (χ1n) is 8.65. The highest BCUT2D eigenvalue weighted by molar-refractivity contribution is 5.50. The van der Waals surface area contributed by atoms with Crippen LogP contribution >= 0.6 is 0 Å². The SMILES string of the molecule is CC(C)(C)c1cc([C@@H](N)C2CCCC2)c(O)c(C(C)(C)C)c1. The van der Waals surface area contributed by atoms with Gasteiger partial charge < -0.3 is 10.8 Å². The van der Waals surface area contributed by atoms with Crippen molar-refractivity contribution in [3.8, 4) is 5.75 Å². The Kier molecular flexibility index (Phi) is 4.64. The lowest BCUT2D eigenvalue weighted by Crippen LogP contribution is -2.23. The minimum atomic E-state index is -0.0878. The largest absolute Gasteiger partial charge is 0.507 e. The minimum Gasteiger partial charge on any atom is -0.507 e. The third kappa shape index (κ3) is 3.48. The predicted octanol–water partition coefficient (Wildman–Crippen LogP) is 5.18. The van der Waals surface area contributed by atoms with Gasteiger partial charge in [0.15, 0.2) is 0 Å². The van der Waals surface area contributed by atoms with E-state index in [0.717, 1.165) is 11.1 Å². The molecule has 0 heterocycles. The summed E-state index contributed by atoms with van der Waals surface area (Å²) in [5, 5.41) is 10.9. The highest BCUT2D eigenvalue weighted by Crippen LogP contribution is 2.43. The summed E-state index contributed by atoms with van der Waals surface area (Å²) in [6.45, 7) is 13.1. The van der Waals surface area contributed by atoms with Crippen molar-refractivity contribution in [1.82, 2.24) is 0 Å². The van der Waals surface area contributed by atoms with Crippen LogP contribution in [0.3, 0.4) is 0 Å². The van der Waals surface area contributed by atoms with E-state index in [9.17, 15) is 5.11 Å². The summed E-state index contributed by atoms with van der Waals surface area (Å²) in [6.07, 6.45) is 4.91. The first-order chi connectivity index (χ1) is 10.0. The molecule has 1 aliphatic carbocycles. The van der Waals surface area contributed by atoms with Gasteiger partial charge in [-0.2, -0.15) is 0 Å². The van der Waals surface area contributed by atoms with Crippen molar-refractivity contribution >= 4 is 0 Å². The Bertz CT molecular complexity index is 528. The van der Waals surface area contributed by atoms with Crippen LogP contribution in [-0.4, -0.2) is 5.11 Å². The topological polar surface area (TPSA) is 46.2 Å².